The number of ether oxygens (including phenoxy) is 2. The highest BCUT2D eigenvalue weighted by molar-refractivity contribution is 14.1. The van der Waals surface area contributed by atoms with E-state index in [1.807, 2.05) is 9.86 Å². The second-order valence-corrected chi connectivity index (χ2v) is 16.7. The van der Waals surface area contributed by atoms with Crippen molar-refractivity contribution < 1.29 is 56.6 Å². The van der Waals surface area contributed by atoms with Gasteiger partial charge in [0.2, 0.25) is 35.4 Å². The summed E-state index contributed by atoms with van der Waals surface area (Å²) in [5, 5.41) is 7.73. The zero-order chi connectivity index (χ0) is 49.8. The van der Waals surface area contributed by atoms with Gasteiger partial charge in [0.05, 0.1) is 0 Å². The Morgan fingerprint density at radius 2 is 1.51 bits per heavy atom. The molecule has 0 radical (unpaired) electrons. The van der Waals surface area contributed by atoms with E-state index in [9.17, 15) is 47.1 Å². The quantitative estimate of drug-likeness (QED) is 0.0826. The Hall–Kier alpha value is -4.04. The predicted molar refractivity (Wildman–Crippen MR) is 261 cm³/mol. The van der Waals surface area contributed by atoms with Crippen LogP contribution >= 0.6 is 45.2 Å². The summed E-state index contributed by atoms with van der Waals surface area (Å²) in [6, 6.07) is -6.57. The fraction of sp³-hybridized carbons (Fsp3) is 0.644. The fourth-order valence-corrected chi connectivity index (χ4v) is 8.51. The first kappa shape index (κ1) is 57.3. The lowest BCUT2D eigenvalue weighted by molar-refractivity contribution is -0.158. The van der Waals surface area contributed by atoms with Crippen molar-refractivity contribution in [3.05, 3.63) is 47.5 Å². The van der Waals surface area contributed by atoms with Gasteiger partial charge in [-0.25, -0.2) is 13.6 Å². The number of esters is 2. The van der Waals surface area contributed by atoms with Gasteiger partial charge in [0, 0.05) is 32.6 Å². The van der Waals surface area contributed by atoms with Crippen molar-refractivity contribution in [3.63, 3.8) is 0 Å². The molecule has 4 fully saturated rings. The minimum atomic E-state index is -1.66. The van der Waals surface area contributed by atoms with Crippen LogP contribution in [0.1, 0.15) is 83.1 Å². The number of cyclic esters (lactones) is 1. The Labute approximate surface area is 418 Å². The van der Waals surface area contributed by atoms with Gasteiger partial charge in [-0.1, -0.05) is 70.5 Å². The highest BCUT2D eigenvalue weighted by atomic mass is 127. The summed E-state index contributed by atoms with van der Waals surface area (Å²) in [5.74, 6) is -8.12. The smallest absolute Gasteiger partial charge is 0.328 e. The van der Waals surface area contributed by atoms with Gasteiger partial charge in [0.15, 0.2) is 0 Å². The number of fused-ring (bicyclic) bond motifs is 2. The van der Waals surface area contributed by atoms with Gasteiger partial charge in [0.25, 0.3) is 0 Å². The van der Waals surface area contributed by atoms with E-state index in [-0.39, 0.29) is 50.4 Å². The number of hydrogen-bond acceptors (Lipinski definition) is 12. The molecule has 6 amide bonds. The molecule has 18 nitrogen and oxygen atoms in total. The average Bonchev–Trinajstić information content (AvgIpc) is 4.03. The lowest BCUT2D eigenvalue weighted by Crippen LogP contribution is -2.61. The standard InChI is InChI=1S/C43H60F2N8O10.2CH3I/c1-25-39(57)53-18-8-13-34(53)43(61)62-23-32(50-37(55)31(21-27-19-28(44)22-29(45)20-27)49-36(54)15-14-26-9-4-3-5-10-26)40(58)52-17-7-12-33(52)41(59)51(2)35(38(56)48-25)24-63-42(60)30(47)11-6-16-46;2*1-2/h14-15,19-20,22,25-26,30-35H,3-13,16-18,21,23-24,46-47H2,1-2H3,(H,48,56)(H,49,54)(H,50,55);2*1H3/b15-14+;;/t25-,30-,31-,32-,33-,34-,35-;;/m0../s1. The van der Waals surface area contributed by atoms with E-state index < -0.39 is 121 Å². The van der Waals surface area contributed by atoms with E-state index in [0.29, 0.717) is 25.3 Å². The molecule has 0 aromatic heterocycles. The molecule has 7 N–H and O–H groups in total. The van der Waals surface area contributed by atoms with Gasteiger partial charge in [-0.15, -0.1) is 0 Å². The molecule has 3 saturated heterocycles. The van der Waals surface area contributed by atoms with Gasteiger partial charge >= 0.3 is 11.9 Å². The van der Waals surface area contributed by atoms with Crippen LogP contribution in [0.2, 0.25) is 0 Å². The molecule has 5 rings (SSSR count). The minimum absolute atomic E-state index is 0.0157. The number of alkyl halides is 2. The molecule has 1 aromatic carbocycles. The first-order valence-corrected chi connectivity index (χ1v) is 26.9. The van der Waals surface area contributed by atoms with Crippen molar-refractivity contribution >= 4 is 92.6 Å². The summed E-state index contributed by atoms with van der Waals surface area (Å²) >= 11 is 4.30. The molecule has 7 atom stereocenters. The number of amides is 6. The topological polar surface area (TPSA) is 253 Å². The molecule has 3 aliphatic heterocycles. The monoisotopic (exact) mass is 1170 g/mol. The first-order chi connectivity index (χ1) is 32.1. The number of nitrogens with one attached hydrogen (secondary N) is 3. The number of carbonyl (C=O) groups excluding carboxylic acids is 8. The lowest BCUT2D eigenvalue weighted by atomic mass is 9.89. The number of halogens is 4. The van der Waals surface area contributed by atoms with E-state index in [0.717, 1.165) is 49.1 Å². The molecule has 3 heterocycles. The second-order valence-electron chi connectivity index (χ2n) is 16.7. The maximum absolute atomic E-state index is 14.5. The third kappa shape index (κ3) is 16.9. The number of carbonyl (C=O) groups is 8. The highest BCUT2D eigenvalue weighted by Gasteiger charge is 2.44. The Bertz CT molecular complexity index is 1890. The number of likely N-dealkylation sites (N-methyl/N-ethyl adjacent to an activating group) is 1. The normalized spacial score (nSPS) is 23.9. The molecular formula is C45H66F2I2N8O10. The largest absolute Gasteiger partial charge is 0.462 e. The summed E-state index contributed by atoms with van der Waals surface area (Å²) in [6.07, 6.45) is 9.23. The van der Waals surface area contributed by atoms with E-state index in [1.54, 1.807) is 6.08 Å². The molecule has 1 saturated carbocycles. The first-order valence-electron chi connectivity index (χ1n) is 22.5. The molecule has 67 heavy (non-hydrogen) atoms. The van der Waals surface area contributed by atoms with E-state index in [4.69, 9.17) is 20.9 Å². The number of hydrogen-bond donors (Lipinski definition) is 5. The highest BCUT2D eigenvalue weighted by Crippen LogP contribution is 2.26. The van der Waals surface area contributed by atoms with E-state index >= 15 is 0 Å². The SMILES string of the molecule is CI.CI.C[C@@H]1NC(=O)[C@H](COC(=O)[C@@H](N)CCCN)N(C)C(=O)[C@@H]2CCCN2C(=O)[C@@H](NC(=O)[C@H](Cc2cc(F)cc(F)c2)NC(=O)/C=C/C2CCCCC2)COC(=O)[C@@H]2CCCN2C1=O. The van der Waals surface area contributed by atoms with Gasteiger partial charge in [-0.3, -0.25) is 33.6 Å². The third-order valence-electron chi connectivity index (χ3n) is 12.1. The Morgan fingerprint density at radius 1 is 0.896 bits per heavy atom. The van der Waals surface area contributed by atoms with Crippen LogP contribution in [0.25, 0.3) is 0 Å². The molecule has 0 unspecified atom stereocenters. The van der Waals surface area contributed by atoms with Crippen LogP contribution < -0.4 is 27.4 Å². The average molecular weight is 1170 g/mol. The maximum atomic E-state index is 14.5. The van der Waals surface area contributed by atoms with Crippen LogP contribution in [0.5, 0.6) is 0 Å². The summed E-state index contributed by atoms with van der Waals surface area (Å²) < 4.78 is 39.7. The second kappa shape index (κ2) is 29.1. The van der Waals surface area contributed by atoms with Crippen LogP contribution in [-0.2, 0) is 54.3 Å². The summed E-state index contributed by atoms with van der Waals surface area (Å²) in [5.41, 5.74) is 11.5. The summed E-state index contributed by atoms with van der Waals surface area (Å²) in [7, 11) is 1.29. The molecule has 22 heteroatoms. The summed E-state index contributed by atoms with van der Waals surface area (Å²) in [6.45, 7) is 0.422. The lowest BCUT2D eigenvalue weighted by Gasteiger charge is -2.35. The van der Waals surface area contributed by atoms with E-state index in [1.165, 1.54) is 29.8 Å². The van der Waals surface area contributed by atoms with Crippen LogP contribution in [0.4, 0.5) is 8.78 Å². The molecular weight excluding hydrogens is 1100 g/mol. The van der Waals surface area contributed by atoms with Crippen molar-refractivity contribution in [2.24, 2.45) is 17.4 Å². The van der Waals surface area contributed by atoms with Crippen molar-refractivity contribution in [1.29, 1.82) is 0 Å². The molecule has 374 valence electrons. The molecule has 4 aliphatic rings. The van der Waals surface area contributed by atoms with Crippen molar-refractivity contribution in [2.45, 2.75) is 126 Å². The van der Waals surface area contributed by atoms with Crippen LogP contribution in [-0.4, -0.2) is 154 Å². The zero-order valence-electron chi connectivity index (χ0n) is 38.6. The van der Waals surface area contributed by atoms with Gasteiger partial charge in [-0.2, -0.15) is 0 Å². The van der Waals surface area contributed by atoms with Gasteiger partial charge in [-0.05, 0) is 104 Å². The summed E-state index contributed by atoms with van der Waals surface area (Å²) in [4.78, 5) is 118. The third-order valence-corrected chi connectivity index (χ3v) is 12.1. The molecule has 0 spiro atoms. The van der Waals surface area contributed by atoms with Gasteiger partial charge in [0.1, 0.15) is 67.1 Å². The Morgan fingerprint density at radius 3 is 2.13 bits per heavy atom. The molecule has 0 bridgehead atoms. The minimum Gasteiger partial charge on any atom is -0.462 e. The number of nitrogens with zero attached hydrogens (tertiary/aromatic N) is 3. The maximum Gasteiger partial charge on any atom is 0.328 e. The fourth-order valence-electron chi connectivity index (χ4n) is 8.51. The van der Waals surface area contributed by atoms with Gasteiger partial charge < -0.3 is 51.6 Å². The Kier molecular flexibility index (Phi) is 24.9. The molecule has 1 aromatic rings. The van der Waals surface area contributed by atoms with Crippen LogP contribution in [0.3, 0.4) is 0 Å². The zero-order valence-corrected chi connectivity index (χ0v) is 42.9. The van der Waals surface area contributed by atoms with E-state index in [2.05, 4.69) is 61.1 Å². The number of benzene rings is 1. The van der Waals surface area contributed by atoms with Crippen LogP contribution in [0.15, 0.2) is 30.4 Å². The number of allylic oxidation sites excluding steroid dienone is 1. The number of rotatable bonds is 13. The predicted octanol–water partition coefficient (Wildman–Crippen LogP) is 2.20. The Balaban J connectivity index is 0.00000289. The van der Waals surface area contributed by atoms with Crippen molar-refractivity contribution in [2.75, 3.05) is 49.8 Å². The van der Waals surface area contributed by atoms with Crippen LogP contribution in [0, 0.1) is 17.6 Å². The molecule has 1 aliphatic carbocycles. The van der Waals surface area contributed by atoms with Crippen molar-refractivity contribution in [1.82, 2.24) is 30.7 Å². The van der Waals surface area contributed by atoms with Crippen molar-refractivity contribution in [3.8, 4) is 0 Å². The number of nitrogens with two attached hydrogens (primary N) is 2.